The van der Waals surface area contributed by atoms with Gasteiger partial charge in [-0.3, -0.25) is 0 Å². The van der Waals surface area contributed by atoms with E-state index in [2.05, 4.69) is 5.32 Å². The van der Waals surface area contributed by atoms with Crippen molar-refractivity contribution < 1.29 is 19.0 Å². The van der Waals surface area contributed by atoms with Gasteiger partial charge in [-0.05, 0) is 31.2 Å². The Morgan fingerprint density at radius 3 is 2.75 bits per heavy atom. The Labute approximate surface area is 146 Å². The van der Waals surface area contributed by atoms with Gasteiger partial charge in [0.05, 0.1) is 12.1 Å². The van der Waals surface area contributed by atoms with E-state index in [1.807, 2.05) is 18.2 Å². The molecule has 0 aliphatic rings. The lowest BCUT2D eigenvalue weighted by Crippen LogP contribution is -2.16. The summed E-state index contributed by atoms with van der Waals surface area (Å²) in [6.45, 7) is 1.65. The average molecular weight is 354 g/mol. The minimum atomic E-state index is -0.380. The average Bonchev–Trinajstić information content (AvgIpc) is 2.58. The van der Waals surface area contributed by atoms with Crippen LogP contribution in [0.3, 0.4) is 0 Å². The van der Waals surface area contributed by atoms with Gasteiger partial charge in [-0.1, -0.05) is 29.8 Å². The van der Waals surface area contributed by atoms with Gasteiger partial charge in [0.25, 0.3) is 0 Å². The van der Waals surface area contributed by atoms with Gasteiger partial charge in [0.15, 0.2) is 11.5 Å². The zero-order valence-corrected chi connectivity index (χ0v) is 14.3. The van der Waals surface area contributed by atoms with Crippen LogP contribution in [-0.2, 0) is 13.2 Å². The number of aliphatic hydroxyl groups excluding tert-OH is 1. The van der Waals surface area contributed by atoms with E-state index in [0.717, 1.165) is 5.56 Å². The molecule has 130 valence electrons. The van der Waals surface area contributed by atoms with Gasteiger partial charge in [-0.15, -0.1) is 0 Å². The van der Waals surface area contributed by atoms with E-state index in [1.54, 1.807) is 13.2 Å². The molecule has 24 heavy (non-hydrogen) atoms. The van der Waals surface area contributed by atoms with Crippen molar-refractivity contribution in [2.45, 2.75) is 19.6 Å². The Bertz CT molecular complexity index is 667. The van der Waals surface area contributed by atoms with Gasteiger partial charge >= 0.3 is 0 Å². The number of hydrogen-bond donors (Lipinski definition) is 2. The van der Waals surface area contributed by atoms with Crippen molar-refractivity contribution in [2.75, 3.05) is 20.3 Å². The second kappa shape index (κ2) is 9.47. The lowest BCUT2D eigenvalue weighted by atomic mass is 10.1. The third-order valence-electron chi connectivity index (χ3n) is 3.49. The maximum Gasteiger partial charge on any atom is 0.166 e. The molecule has 0 aromatic heterocycles. The van der Waals surface area contributed by atoms with Crippen LogP contribution in [0.2, 0.25) is 5.02 Å². The lowest BCUT2D eigenvalue weighted by Gasteiger charge is -2.16. The smallest absolute Gasteiger partial charge is 0.166 e. The Morgan fingerprint density at radius 2 is 2.04 bits per heavy atom. The zero-order chi connectivity index (χ0) is 17.4. The predicted molar refractivity (Wildman–Crippen MR) is 92.1 cm³/mol. The highest BCUT2D eigenvalue weighted by Gasteiger charge is 2.12. The fraction of sp³-hybridized carbons (Fsp3) is 0.333. The van der Waals surface area contributed by atoms with E-state index in [0.29, 0.717) is 41.6 Å². The molecule has 0 saturated heterocycles. The van der Waals surface area contributed by atoms with Crippen molar-refractivity contribution in [2.24, 2.45) is 0 Å². The number of ether oxygens (including phenoxy) is 2. The molecule has 4 nitrogen and oxygen atoms in total. The van der Waals surface area contributed by atoms with Crippen LogP contribution >= 0.6 is 11.6 Å². The first kappa shape index (κ1) is 18.5. The van der Waals surface area contributed by atoms with Crippen molar-refractivity contribution in [1.82, 2.24) is 5.32 Å². The summed E-state index contributed by atoms with van der Waals surface area (Å²) >= 11 is 6.04. The Balaban J connectivity index is 2.11. The third-order valence-corrected chi connectivity index (χ3v) is 3.85. The van der Waals surface area contributed by atoms with E-state index in [-0.39, 0.29) is 19.0 Å². The minimum absolute atomic E-state index is 0.150. The molecule has 2 aromatic carbocycles. The summed E-state index contributed by atoms with van der Waals surface area (Å²) in [5.74, 6) is 0.862. The first-order valence-electron chi connectivity index (χ1n) is 7.70. The number of para-hydroxylation sites is 1. The van der Waals surface area contributed by atoms with E-state index in [1.165, 1.54) is 12.1 Å². The van der Waals surface area contributed by atoms with Gasteiger partial charge in [-0.25, -0.2) is 4.39 Å². The number of halogens is 2. The fourth-order valence-electron chi connectivity index (χ4n) is 2.24. The largest absolute Gasteiger partial charge is 0.493 e. The molecule has 2 aromatic rings. The molecule has 0 radical (unpaired) electrons. The molecule has 2 N–H and O–H groups in total. The van der Waals surface area contributed by atoms with Crippen LogP contribution in [0, 0.1) is 5.82 Å². The Kier molecular flexibility index (Phi) is 7.31. The van der Waals surface area contributed by atoms with Crippen molar-refractivity contribution in [3.05, 3.63) is 58.4 Å². The highest BCUT2D eigenvalue weighted by Crippen LogP contribution is 2.32. The highest BCUT2D eigenvalue weighted by molar-refractivity contribution is 6.31. The minimum Gasteiger partial charge on any atom is -0.493 e. The molecule has 0 unspecified atom stereocenters. The molecular weight excluding hydrogens is 333 g/mol. The molecule has 0 amide bonds. The molecule has 0 aliphatic heterocycles. The number of nitrogens with one attached hydrogen (secondary N) is 1. The molecule has 0 fully saturated rings. The molecule has 0 aliphatic carbocycles. The summed E-state index contributed by atoms with van der Waals surface area (Å²) in [6.07, 6.45) is 0.686. The first-order valence-corrected chi connectivity index (χ1v) is 8.07. The van der Waals surface area contributed by atoms with Crippen molar-refractivity contribution in [3.8, 4) is 11.5 Å². The third kappa shape index (κ3) is 5.09. The van der Waals surface area contributed by atoms with Crippen LogP contribution in [0.25, 0.3) is 0 Å². The second-order valence-electron chi connectivity index (χ2n) is 5.23. The van der Waals surface area contributed by atoms with Gasteiger partial charge in [-0.2, -0.15) is 0 Å². The first-order chi connectivity index (χ1) is 11.7. The topological polar surface area (TPSA) is 50.7 Å². The predicted octanol–water partition coefficient (Wildman–Crippen LogP) is 3.54. The van der Waals surface area contributed by atoms with Gasteiger partial charge < -0.3 is 19.9 Å². The molecule has 6 heteroatoms. The fourth-order valence-corrected chi connectivity index (χ4v) is 2.46. The maximum absolute atomic E-state index is 13.1. The molecule has 0 atom stereocenters. The van der Waals surface area contributed by atoms with Crippen LogP contribution in [0.15, 0.2) is 36.4 Å². The Morgan fingerprint density at radius 1 is 1.21 bits per heavy atom. The summed E-state index contributed by atoms with van der Waals surface area (Å²) in [6, 6.07) is 9.87. The summed E-state index contributed by atoms with van der Waals surface area (Å²) < 4.78 is 24.4. The summed E-state index contributed by atoms with van der Waals surface area (Å²) in [5, 5.41) is 12.4. The molecule has 0 spiro atoms. The maximum atomic E-state index is 13.1. The molecule has 2 rings (SSSR count). The normalized spacial score (nSPS) is 10.7. The van der Waals surface area contributed by atoms with Crippen LogP contribution in [0.4, 0.5) is 4.39 Å². The number of methoxy groups -OCH3 is 1. The van der Waals surface area contributed by atoms with Gasteiger partial charge in [0, 0.05) is 24.3 Å². The molecular formula is C18H21ClFNO3. The highest BCUT2D eigenvalue weighted by atomic mass is 35.5. The Hall–Kier alpha value is -1.82. The van der Waals surface area contributed by atoms with Crippen molar-refractivity contribution in [1.29, 1.82) is 0 Å². The molecule has 0 saturated carbocycles. The van der Waals surface area contributed by atoms with Gasteiger partial charge in [0.1, 0.15) is 12.4 Å². The summed E-state index contributed by atoms with van der Waals surface area (Å²) in [5.41, 5.74) is 1.63. The van der Waals surface area contributed by atoms with Crippen LogP contribution in [-0.4, -0.2) is 25.4 Å². The van der Waals surface area contributed by atoms with E-state index >= 15 is 0 Å². The van der Waals surface area contributed by atoms with Crippen molar-refractivity contribution >= 4 is 11.6 Å². The van der Waals surface area contributed by atoms with Crippen molar-refractivity contribution in [3.63, 3.8) is 0 Å². The van der Waals surface area contributed by atoms with E-state index in [9.17, 15) is 4.39 Å². The number of hydrogen-bond acceptors (Lipinski definition) is 4. The SMILES string of the molecule is COc1cccc(CNCCCO)c1OCc1ccc(F)cc1Cl. The standard InChI is InChI=1S/C18H21ClFNO3/c1-23-17-5-2-4-13(11-21-8-3-9-22)18(17)24-12-14-6-7-15(20)10-16(14)19/h2,4-7,10,21-22H,3,8-9,11-12H2,1H3. The zero-order valence-electron chi connectivity index (χ0n) is 13.5. The monoisotopic (exact) mass is 353 g/mol. The van der Waals surface area contributed by atoms with E-state index < -0.39 is 0 Å². The number of aliphatic hydroxyl groups is 1. The van der Waals surface area contributed by atoms with Crippen LogP contribution in [0.5, 0.6) is 11.5 Å². The lowest BCUT2D eigenvalue weighted by molar-refractivity contribution is 0.278. The second-order valence-corrected chi connectivity index (χ2v) is 5.63. The summed E-state index contributed by atoms with van der Waals surface area (Å²) in [4.78, 5) is 0. The molecule has 0 bridgehead atoms. The van der Waals surface area contributed by atoms with E-state index in [4.69, 9.17) is 26.2 Å². The number of benzene rings is 2. The number of rotatable bonds is 9. The van der Waals surface area contributed by atoms with Gasteiger partial charge in [0.2, 0.25) is 0 Å². The molecule has 0 heterocycles. The quantitative estimate of drug-likeness (QED) is 0.677. The summed E-state index contributed by atoms with van der Waals surface area (Å²) in [7, 11) is 1.58. The van der Waals surface area contributed by atoms with Crippen LogP contribution in [0.1, 0.15) is 17.5 Å². The van der Waals surface area contributed by atoms with Crippen LogP contribution < -0.4 is 14.8 Å².